The third-order valence-corrected chi connectivity index (χ3v) is 7.59. The standard InChI is InChI=1S/C30H58N4O6/c1-7-9-17-37-21-25(19-33-23-29(33,3)4)39-27(35)31-15-13-11-12-14-16-32-28(36)40-26(22-38-18-10-8-2)20-34-24-30(34,5)6/h25-26H,7-24H2,1-6H3,(H,31,35)(H,32,36). The maximum Gasteiger partial charge on any atom is 0.407 e. The Bertz CT molecular complexity index is 675. The zero-order valence-corrected chi connectivity index (χ0v) is 26.2. The molecule has 0 spiro atoms. The highest BCUT2D eigenvalue weighted by Crippen LogP contribution is 2.31. The molecule has 2 aliphatic heterocycles. The summed E-state index contributed by atoms with van der Waals surface area (Å²) in [5.41, 5.74) is 0.368. The summed E-state index contributed by atoms with van der Waals surface area (Å²) >= 11 is 0. The normalized spacial score (nSPS) is 21.8. The average Bonchev–Trinajstić information content (AvgIpc) is 3.71. The van der Waals surface area contributed by atoms with Crippen LogP contribution in [0.1, 0.15) is 92.9 Å². The van der Waals surface area contributed by atoms with Crippen molar-refractivity contribution in [1.29, 1.82) is 0 Å². The van der Waals surface area contributed by atoms with Crippen molar-refractivity contribution in [3.63, 3.8) is 0 Å². The van der Waals surface area contributed by atoms with Crippen LogP contribution < -0.4 is 10.6 Å². The number of unbranched alkanes of at least 4 members (excludes halogenated alkanes) is 5. The molecule has 0 radical (unpaired) electrons. The van der Waals surface area contributed by atoms with Crippen molar-refractivity contribution < 1.29 is 28.5 Å². The third kappa shape index (κ3) is 14.8. The Labute approximate surface area is 243 Å². The lowest BCUT2D eigenvalue weighted by Crippen LogP contribution is -2.37. The molecular formula is C30H58N4O6. The molecule has 0 bridgehead atoms. The Morgan fingerprint density at radius 2 is 1.05 bits per heavy atom. The fourth-order valence-electron chi connectivity index (χ4n) is 4.52. The maximum absolute atomic E-state index is 12.3. The van der Waals surface area contributed by atoms with Gasteiger partial charge in [0.05, 0.1) is 13.2 Å². The van der Waals surface area contributed by atoms with E-state index in [1.807, 2.05) is 0 Å². The fraction of sp³-hybridized carbons (Fsp3) is 0.933. The van der Waals surface area contributed by atoms with Crippen LogP contribution >= 0.6 is 0 Å². The van der Waals surface area contributed by atoms with Gasteiger partial charge in [0.2, 0.25) is 0 Å². The zero-order chi connectivity index (χ0) is 29.4. The minimum absolute atomic E-state index is 0.184. The fourth-order valence-corrected chi connectivity index (χ4v) is 4.52. The van der Waals surface area contributed by atoms with Gasteiger partial charge in [-0.05, 0) is 53.4 Å². The highest BCUT2D eigenvalue weighted by Gasteiger charge is 2.45. The molecule has 0 aromatic carbocycles. The van der Waals surface area contributed by atoms with Crippen molar-refractivity contribution in [3.05, 3.63) is 0 Å². The summed E-state index contributed by atoms with van der Waals surface area (Å²) in [6.07, 6.45) is 6.53. The number of rotatable bonds is 23. The van der Waals surface area contributed by atoms with Gasteiger partial charge in [-0.15, -0.1) is 0 Å². The summed E-state index contributed by atoms with van der Waals surface area (Å²) in [5, 5.41) is 5.74. The van der Waals surface area contributed by atoms with Gasteiger partial charge in [-0.1, -0.05) is 39.5 Å². The topological polar surface area (TPSA) is 101 Å². The van der Waals surface area contributed by atoms with E-state index >= 15 is 0 Å². The number of carbonyl (C=O) groups is 2. The van der Waals surface area contributed by atoms with Crippen molar-refractivity contribution >= 4 is 12.2 Å². The van der Waals surface area contributed by atoms with Crippen LogP contribution in [0.15, 0.2) is 0 Å². The summed E-state index contributed by atoms with van der Waals surface area (Å²) in [6, 6.07) is 0. The summed E-state index contributed by atoms with van der Waals surface area (Å²) in [4.78, 5) is 29.2. The van der Waals surface area contributed by atoms with Gasteiger partial charge < -0.3 is 29.6 Å². The molecule has 4 unspecified atom stereocenters. The highest BCUT2D eigenvalue weighted by molar-refractivity contribution is 5.67. The molecule has 10 heteroatoms. The van der Waals surface area contributed by atoms with Gasteiger partial charge in [-0.2, -0.15) is 0 Å². The molecule has 0 aromatic heterocycles. The van der Waals surface area contributed by atoms with Gasteiger partial charge in [0, 0.05) is 63.6 Å². The first-order valence-corrected chi connectivity index (χ1v) is 15.6. The number of ether oxygens (including phenoxy) is 4. The molecule has 2 saturated heterocycles. The summed E-state index contributed by atoms with van der Waals surface area (Å²) < 4.78 is 22.8. The van der Waals surface area contributed by atoms with Crippen molar-refractivity contribution in [1.82, 2.24) is 20.4 Å². The molecule has 2 rings (SSSR count). The van der Waals surface area contributed by atoms with E-state index in [-0.39, 0.29) is 35.5 Å². The molecule has 2 aliphatic rings. The zero-order valence-electron chi connectivity index (χ0n) is 26.2. The van der Waals surface area contributed by atoms with E-state index in [9.17, 15) is 9.59 Å². The third-order valence-electron chi connectivity index (χ3n) is 7.59. The van der Waals surface area contributed by atoms with Crippen LogP contribution in [0.3, 0.4) is 0 Å². The van der Waals surface area contributed by atoms with Crippen molar-refractivity contribution in [2.24, 2.45) is 0 Å². The maximum atomic E-state index is 12.3. The molecule has 0 aliphatic carbocycles. The predicted octanol–water partition coefficient (Wildman–Crippen LogP) is 4.56. The number of hydrogen-bond acceptors (Lipinski definition) is 8. The molecule has 2 amide bonds. The Kier molecular flexibility index (Phi) is 15.6. The van der Waals surface area contributed by atoms with Gasteiger partial charge >= 0.3 is 12.2 Å². The van der Waals surface area contributed by atoms with Crippen molar-refractivity contribution in [3.8, 4) is 0 Å². The molecule has 234 valence electrons. The second-order valence-corrected chi connectivity index (χ2v) is 12.6. The summed E-state index contributed by atoms with van der Waals surface area (Å²) in [6.45, 7) is 19.8. The quantitative estimate of drug-likeness (QED) is 0.136. The number of amides is 2. The van der Waals surface area contributed by atoms with Gasteiger partial charge in [-0.25, -0.2) is 9.59 Å². The first-order valence-electron chi connectivity index (χ1n) is 15.6. The van der Waals surface area contributed by atoms with Crippen LogP contribution in [0.25, 0.3) is 0 Å². The van der Waals surface area contributed by atoms with E-state index < -0.39 is 0 Å². The second-order valence-electron chi connectivity index (χ2n) is 12.6. The summed E-state index contributed by atoms with van der Waals surface area (Å²) in [7, 11) is 0. The second kappa shape index (κ2) is 18.0. The lowest BCUT2D eigenvalue weighted by atomic mass is 10.2. The molecule has 2 fully saturated rings. The highest BCUT2D eigenvalue weighted by atomic mass is 16.6. The molecule has 4 atom stereocenters. The lowest BCUT2D eigenvalue weighted by Gasteiger charge is -2.20. The molecule has 10 nitrogen and oxygen atoms in total. The largest absolute Gasteiger partial charge is 0.442 e. The number of nitrogens with zero attached hydrogens (tertiary/aromatic N) is 2. The van der Waals surface area contributed by atoms with Crippen LogP contribution in [0.5, 0.6) is 0 Å². The van der Waals surface area contributed by atoms with E-state index in [1.165, 1.54) is 0 Å². The summed E-state index contributed by atoms with van der Waals surface area (Å²) in [5.74, 6) is 0. The SMILES string of the molecule is CCCCOCC(CN1CC1(C)C)OC(=O)NCCCCCCNC(=O)OC(COCCCC)CN1CC1(C)C. The van der Waals surface area contributed by atoms with Gasteiger partial charge in [0.25, 0.3) is 0 Å². The Balaban J connectivity index is 1.52. The number of carbonyl (C=O) groups excluding carboxylic acids is 2. The monoisotopic (exact) mass is 570 g/mol. The van der Waals surface area contributed by atoms with Crippen LogP contribution in [0.4, 0.5) is 9.59 Å². The molecular weight excluding hydrogens is 512 g/mol. The Hall–Kier alpha value is -1.62. The molecule has 2 heterocycles. The number of alkyl carbamates (subject to hydrolysis) is 2. The van der Waals surface area contributed by atoms with Gasteiger partial charge in [-0.3, -0.25) is 9.80 Å². The molecule has 40 heavy (non-hydrogen) atoms. The van der Waals surface area contributed by atoms with E-state index in [4.69, 9.17) is 18.9 Å². The minimum Gasteiger partial charge on any atom is -0.442 e. The van der Waals surface area contributed by atoms with Crippen molar-refractivity contribution in [2.75, 3.05) is 65.7 Å². The first-order chi connectivity index (χ1) is 19.1. The van der Waals surface area contributed by atoms with E-state index in [0.29, 0.717) is 52.6 Å². The van der Waals surface area contributed by atoms with Crippen molar-refractivity contribution in [2.45, 2.75) is 116 Å². The number of nitrogens with one attached hydrogen (secondary N) is 2. The predicted molar refractivity (Wildman–Crippen MR) is 158 cm³/mol. The van der Waals surface area contributed by atoms with Crippen LogP contribution in [-0.2, 0) is 18.9 Å². The smallest absolute Gasteiger partial charge is 0.407 e. The van der Waals surface area contributed by atoms with Crippen LogP contribution in [-0.4, -0.2) is 111 Å². The van der Waals surface area contributed by atoms with Gasteiger partial charge in [0.15, 0.2) is 0 Å². The Morgan fingerprint density at radius 3 is 1.38 bits per heavy atom. The molecule has 0 aromatic rings. The number of hydrogen-bond donors (Lipinski definition) is 2. The average molecular weight is 571 g/mol. The lowest BCUT2D eigenvalue weighted by molar-refractivity contribution is 0.0111. The Morgan fingerprint density at radius 1 is 0.675 bits per heavy atom. The van der Waals surface area contributed by atoms with E-state index in [1.54, 1.807) is 0 Å². The van der Waals surface area contributed by atoms with Crippen LogP contribution in [0.2, 0.25) is 0 Å². The van der Waals surface area contributed by atoms with Gasteiger partial charge in [0.1, 0.15) is 12.2 Å². The first kappa shape index (κ1) is 34.6. The molecule has 0 saturated carbocycles. The van der Waals surface area contributed by atoms with Crippen LogP contribution in [0, 0.1) is 0 Å². The molecule has 2 N–H and O–H groups in total. The van der Waals surface area contributed by atoms with E-state index in [2.05, 4.69) is 62.0 Å². The van der Waals surface area contributed by atoms with E-state index in [0.717, 1.165) is 64.5 Å². The minimum atomic E-state index is -0.382.